The van der Waals surface area contributed by atoms with E-state index in [1.165, 1.54) is 6.42 Å². The molecular weight excluding hydrogens is 765 g/mol. The van der Waals surface area contributed by atoms with E-state index in [1.807, 2.05) is 27.7 Å². The van der Waals surface area contributed by atoms with Gasteiger partial charge in [0.2, 0.25) is 0 Å². The molecule has 2 saturated heterocycles. The van der Waals surface area contributed by atoms with E-state index >= 15 is 0 Å². The average molecular weight is 829 g/mol. The quantitative estimate of drug-likeness (QED) is 0.130. The van der Waals surface area contributed by atoms with Crippen LogP contribution in [0, 0.1) is 148 Å². The number of cyclic esters (lactones) is 3. The number of carboxylic acids is 1. The van der Waals surface area contributed by atoms with E-state index in [0.717, 1.165) is 38.5 Å². The van der Waals surface area contributed by atoms with Crippen molar-refractivity contribution in [1.82, 2.24) is 0 Å². The molecule has 11 heteroatoms. The summed E-state index contributed by atoms with van der Waals surface area (Å²) in [5.41, 5.74) is -0.513. The molecule has 12 fully saturated rings. The largest absolute Gasteiger partial charge is 0.481 e. The predicted octanol–water partition coefficient (Wildman–Crippen LogP) is 6.44. The molecular formula is C49H64O11. The Labute approximate surface area is 352 Å². The molecule has 0 amide bonds. The van der Waals surface area contributed by atoms with Crippen molar-refractivity contribution in [2.75, 3.05) is 0 Å². The molecule has 1 N–H and O–H groups in total. The summed E-state index contributed by atoms with van der Waals surface area (Å²) in [6, 6.07) is 0. The molecule has 0 radical (unpaired) electrons. The van der Waals surface area contributed by atoms with Crippen molar-refractivity contribution in [2.45, 2.75) is 117 Å². The summed E-state index contributed by atoms with van der Waals surface area (Å²) in [5.74, 6) is 2.41. The van der Waals surface area contributed by atoms with Gasteiger partial charge in [-0.1, -0.05) is 13.8 Å². The van der Waals surface area contributed by atoms with Gasteiger partial charge in [-0.2, -0.15) is 0 Å². The van der Waals surface area contributed by atoms with E-state index < -0.39 is 59.3 Å². The smallest absolute Gasteiger partial charge is 0.320 e. The van der Waals surface area contributed by atoms with Gasteiger partial charge in [-0.25, -0.2) is 0 Å². The number of hydrogen-bond acceptors (Lipinski definition) is 10. The van der Waals surface area contributed by atoms with E-state index in [0.29, 0.717) is 95.7 Å². The van der Waals surface area contributed by atoms with Crippen LogP contribution in [0.4, 0.5) is 0 Å². The van der Waals surface area contributed by atoms with Crippen LogP contribution in [0.2, 0.25) is 0 Å². The van der Waals surface area contributed by atoms with Gasteiger partial charge in [0.1, 0.15) is 17.8 Å². The molecule has 2 heterocycles. The van der Waals surface area contributed by atoms with Gasteiger partial charge in [0.15, 0.2) is 5.92 Å². The Morgan fingerprint density at radius 2 is 1.15 bits per heavy atom. The summed E-state index contributed by atoms with van der Waals surface area (Å²) < 4.78 is 23.1. The predicted molar refractivity (Wildman–Crippen MR) is 210 cm³/mol. The zero-order chi connectivity index (χ0) is 41.7. The summed E-state index contributed by atoms with van der Waals surface area (Å²) in [7, 11) is 0. The molecule has 60 heavy (non-hydrogen) atoms. The maximum atomic E-state index is 14.0. The Balaban J connectivity index is 0.915. The van der Waals surface area contributed by atoms with Crippen molar-refractivity contribution >= 4 is 35.8 Å². The molecule has 0 spiro atoms. The van der Waals surface area contributed by atoms with Gasteiger partial charge in [-0.15, -0.1) is 0 Å². The van der Waals surface area contributed by atoms with Crippen molar-refractivity contribution in [3.8, 4) is 0 Å². The van der Waals surface area contributed by atoms with Crippen LogP contribution >= 0.6 is 0 Å². The third-order valence-electron chi connectivity index (χ3n) is 21.0. The lowest BCUT2D eigenvalue weighted by atomic mass is 9.49. The maximum absolute atomic E-state index is 14.0. The monoisotopic (exact) mass is 828 g/mol. The van der Waals surface area contributed by atoms with Crippen molar-refractivity contribution in [3.05, 3.63) is 0 Å². The van der Waals surface area contributed by atoms with E-state index in [9.17, 15) is 33.9 Å². The summed E-state index contributed by atoms with van der Waals surface area (Å²) >= 11 is 0. The number of carboxylic acid groups (broad SMARTS) is 1. The second-order valence-electron chi connectivity index (χ2n) is 24.0. The average Bonchev–Trinajstić information content (AvgIpc) is 4.00. The van der Waals surface area contributed by atoms with Crippen molar-refractivity contribution in [3.63, 3.8) is 0 Å². The Bertz CT molecular complexity index is 1940. The molecule has 10 bridgehead atoms. The first-order valence-electron chi connectivity index (χ1n) is 24.1. The van der Waals surface area contributed by atoms with E-state index in [1.54, 1.807) is 6.92 Å². The van der Waals surface area contributed by atoms with Crippen LogP contribution in [0.3, 0.4) is 0 Å². The molecule has 0 aromatic rings. The Morgan fingerprint density at radius 1 is 0.567 bits per heavy atom. The summed E-state index contributed by atoms with van der Waals surface area (Å²) in [6.45, 7) is 12.1. The van der Waals surface area contributed by atoms with Crippen LogP contribution in [0.25, 0.3) is 0 Å². The van der Waals surface area contributed by atoms with Crippen LogP contribution < -0.4 is 0 Å². The number of rotatable bonds is 7. The Morgan fingerprint density at radius 3 is 1.78 bits per heavy atom. The van der Waals surface area contributed by atoms with Crippen LogP contribution in [0.1, 0.15) is 99.3 Å². The molecule has 12 rings (SSSR count). The highest BCUT2D eigenvalue weighted by Crippen LogP contribution is 2.80. The molecule has 10 saturated carbocycles. The third-order valence-corrected chi connectivity index (χ3v) is 21.0. The molecule has 27 unspecified atom stereocenters. The first-order chi connectivity index (χ1) is 28.5. The minimum absolute atomic E-state index is 0.0111. The first kappa shape index (κ1) is 38.7. The first-order valence-corrected chi connectivity index (χ1v) is 24.1. The highest BCUT2D eigenvalue weighted by molar-refractivity contribution is 5.97. The van der Waals surface area contributed by atoms with Gasteiger partial charge >= 0.3 is 35.8 Å². The van der Waals surface area contributed by atoms with E-state index in [4.69, 9.17) is 18.9 Å². The van der Waals surface area contributed by atoms with E-state index in [2.05, 4.69) is 6.92 Å². The number of fused-ring (bicyclic) bond motifs is 20. The summed E-state index contributed by atoms with van der Waals surface area (Å²) in [5, 5.41) is 10.5. The Hall–Kier alpha value is -2.98. The second-order valence-corrected chi connectivity index (χ2v) is 24.0. The number of hydrogen-bond donors (Lipinski definition) is 1. The fourth-order valence-electron chi connectivity index (χ4n) is 20.2. The van der Waals surface area contributed by atoms with Gasteiger partial charge in [0.25, 0.3) is 0 Å². The molecule has 11 nitrogen and oxygen atoms in total. The lowest BCUT2D eigenvalue weighted by Gasteiger charge is -2.55. The number of aliphatic carboxylic acids is 1. The summed E-state index contributed by atoms with van der Waals surface area (Å²) in [4.78, 5) is 80.0. The lowest BCUT2D eigenvalue weighted by molar-refractivity contribution is -0.168. The third kappa shape index (κ3) is 5.07. The van der Waals surface area contributed by atoms with Crippen LogP contribution in [-0.2, 0) is 47.7 Å². The van der Waals surface area contributed by atoms with Gasteiger partial charge < -0.3 is 24.1 Å². The molecule has 0 aromatic carbocycles. The van der Waals surface area contributed by atoms with Gasteiger partial charge in [-0.05, 0) is 192 Å². The minimum Gasteiger partial charge on any atom is -0.481 e. The van der Waals surface area contributed by atoms with Gasteiger partial charge in [0.05, 0.1) is 23.7 Å². The molecule has 12 aliphatic rings. The van der Waals surface area contributed by atoms with Gasteiger partial charge in [-0.3, -0.25) is 28.8 Å². The van der Waals surface area contributed by atoms with Crippen molar-refractivity contribution in [2.24, 2.45) is 148 Å². The van der Waals surface area contributed by atoms with E-state index in [-0.39, 0.29) is 59.4 Å². The second kappa shape index (κ2) is 12.8. The molecule has 10 aliphatic carbocycles. The fourth-order valence-corrected chi connectivity index (χ4v) is 20.2. The lowest BCUT2D eigenvalue weighted by Crippen LogP contribution is -2.53. The fraction of sp³-hybridized carbons (Fsp3) is 0.878. The molecule has 27 atom stereocenters. The zero-order valence-electron chi connectivity index (χ0n) is 36.0. The van der Waals surface area contributed by atoms with Gasteiger partial charge in [0, 0.05) is 12.3 Å². The van der Waals surface area contributed by atoms with Crippen LogP contribution in [-0.4, -0.2) is 58.7 Å². The zero-order valence-corrected chi connectivity index (χ0v) is 36.0. The highest BCUT2D eigenvalue weighted by Gasteiger charge is 2.77. The SMILES string of the molecule is CC1CC(C(=O)OC2CC3CC2C(C2C(=O)OC(=O)C2C)C3C2C3CC(C4C5CC(C(=O)O)C(C5)C34)C2C2C(C)C3CC2C2C4CC(CC4C(=O)OC(C)(C)C)C32)C(=O)O1. The standard InChI is InChI=1S/C49H64O11/c1-16-7-31(45(53)57-16)46(54)58-32-13-21-12-27(32)40(34-18(3)44(52)59-48(34)56)37(21)42-30-15-29(36-19-8-23(38(30)36)25(10-19)43(50)51)41(42)33-17(2)22-14-28(33)39-24-9-20(35(22)39)11-26(24)47(55)60-49(4,5)6/h16-42H,7-15H2,1-6H3,(H,50,51). The Kier molecular flexibility index (Phi) is 8.26. The maximum Gasteiger partial charge on any atom is 0.320 e. The van der Waals surface area contributed by atoms with Crippen LogP contribution in [0.5, 0.6) is 0 Å². The van der Waals surface area contributed by atoms with Crippen LogP contribution in [0.15, 0.2) is 0 Å². The normalized spacial score (nSPS) is 57.0. The van der Waals surface area contributed by atoms with Crippen molar-refractivity contribution in [1.29, 1.82) is 0 Å². The molecule has 0 aromatic heterocycles. The number of esters is 5. The molecule has 326 valence electrons. The highest BCUT2D eigenvalue weighted by atomic mass is 16.6. The number of carbonyl (C=O) groups is 6. The minimum atomic E-state index is -0.943. The molecule has 2 aliphatic heterocycles. The van der Waals surface area contributed by atoms with Crippen molar-refractivity contribution < 1.29 is 52.8 Å². The number of ether oxygens (including phenoxy) is 4. The summed E-state index contributed by atoms with van der Waals surface area (Å²) in [6.07, 6.45) is 7.25. The number of carbonyl (C=O) groups excluding carboxylic acids is 5. The topological polar surface area (TPSA) is 160 Å².